The van der Waals surface area contributed by atoms with Gasteiger partial charge in [0, 0.05) is 14.1 Å². The molecule has 1 N–H and O–H groups in total. The summed E-state index contributed by atoms with van der Waals surface area (Å²) < 4.78 is 0. The van der Waals surface area contributed by atoms with Gasteiger partial charge in [0.1, 0.15) is 0 Å². The fraction of sp³-hybridized carbons (Fsp3) is 0.667. The van der Waals surface area contributed by atoms with Crippen molar-refractivity contribution >= 4 is 17.8 Å². The van der Waals surface area contributed by atoms with Crippen LogP contribution in [0.25, 0.3) is 0 Å². The predicted octanol–water partition coefficient (Wildman–Crippen LogP) is 0.389. The van der Waals surface area contributed by atoms with Gasteiger partial charge in [-0.1, -0.05) is 0 Å². The number of aliphatic imine (C=N–C) groups is 1. The molecule has 0 unspecified atom stereocenters. The van der Waals surface area contributed by atoms with Gasteiger partial charge in [0.15, 0.2) is 5.17 Å². The van der Waals surface area contributed by atoms with Crippen LogP contribution in [0.1, 0.15) is 0 Å². The molecule has 0 saturated heterocycles. The molecule has 0 aliphatic heterocycles. The second-order valence-corrected chi connectivity index (χ2v) is 1.17. The molecular weight excluding hydrogens is 96.1 g/mol. The normalized spacial score (nSPS) is 11.3. The van der Waals surface area contributed by atoms with E-state index < -0.39 is 0 Å². The van der Waals surface area contributed by atoms with Crippen LogP contribution in [0, 0.1) is 0 Å². The minimum absolute atomic E-state index is 0.551. The first-order valence-corrected chi connectivity index (χ1v) is 2.03. The van der Waals surface area contributed by atoms with Crippen LogP contribution in [0.2, 0.25) is 0 Å². The average Bonchev–Trinajstić information content (AvgIpc) is 1.65. The van der Waals surface area contributed by atoms with Gasteiger partial charge >= 0.3 is 0 Å². The zero-order valence-electron chi connectivity index (χ0n) is 3.86. The minimum atomic E-state index is 0.551. The summed E-state index contributed by atoms with van der Waals surface area (Å²) in [5.74, 6) is 0. The molecule has 0 aromatic carbocycles. The molecule has 0 heterocycles. The largest absolute Gasteiger partial charge is 0.364 e. The van der Waals surface area contributed by atoms with Gasteiger partial charge in [-0.2, -0.15) is 0 Å². The average molecular weight is 103 g/mol. The molecule has 0 aliphatic rings. The fourth-order valence-corrected chi connectivity index (χ4v) is 0.112. The maximum atomic E-state index is 4.58. The van der Waals surface area contributed by atoms with Crippen LogP contribution >= 0.6 is 12.6 Å². The lowest BCUT2D eigenvalue weighted by molar-refractivity contribution is 1.18. The van der Waals surface area contributed by atoms with Crippen molar-refractivity contribution in [3.8, 4) is 0 Å². The molecule has 0 aromatic rings. The molecule has 0 aromatic heterocycles. The van der Waals surface area contributed by atoms with Crippen molar-refractivity contribution in [3.63, 3.8) is 0 Å². The van der Waals surface area contributed by atoms with Crippen molar-refractivity contribution in [2.24, 2.45) is 4.99 Å². The molecule has 2 nitrogen and oxygen atoms in total. The van der Waals surface area contributed by atoms with E-state index in [1.165, 1.54) is 0 Å². The van der Waals surface area contributed by atoms with Crippen LogP contribution < -0.4 is 5.32 Å². The highest BCUT2D eigenvalue weighted by Crippen LogP contribution is 1.70. The van der Waals surface area contributed by atoms with Crippen molar-refractivity contribution in [1.29, 1.82) is 0 Å². The lowest BCUT2D eigenvalue weighted by atomic mass is 11.1. The van der Waals surface area contributed by atoms with Crippen LogP contribution in [0.3, 0.4) is 0 Å². The number of hydrogen-bond acceptors (Lipinski definition) is 1. The third kappa shape index (κ3) is 1.96. The van der Waals surface area contributed by atoms with Gasteiger partial charge in [0.2, 0.25) is 0 Å². The highest BCUT2D eigenvalue weighted by molar-refractivity contribution is 7.96. The summed E-state index contributed by atoms with van der Waals surface area (Å²) in [6, 6.07) is 0. The molecule has 0 atom stereocenters. The molecule has 0 amide bonds. The standard InChI is InChI=1S/C3H7N2S/c1-4-3(6)5-2/h1-2H3,(H,4,5). The topological polar surface area (TPSA) is 24.4 Å². The second kappa shape index (κ2) is 2.90. The lowest BCUT2D eigenvalue weighted by Crippen LogP contribution is -2.09. The van der Waals surface area contributed by atoms with E-state index in [-0.39, 0.29) is 0 Å². The Balaban J connectivity index is 3.22. The first kappa shape index (κ1) is 5.69. The van der Waals surface area contributed by atoms with Crippen molar-refractivity contribution in [2.75, 3.05) is 14.1 Å². The molecule has 0 aliphatic carbocycles. The molecular formula is C3H7N2S. The number of amidine groups is 1. The monoisotopic (exact) mass is 103 g/mol. The van der Waals surface area contributed by atoms with Gasteiger partial charge in [0.05, 0.1) is 0 Å². The second-order valence-electron chi connectivity index (χ2n) is 0.779. The highest BCUT2D eigenvalue weighted by Gasteiger charge is 1.75. The smallest absolute Gasteiger partial charge is 0.187 e. The van der Waals surface area contributed by atoms with Crippen molar-refractivity contribution < 1.29 is 0 Å². The summed E-state index contributed by atoms with van der Waals surface area (Å²) in [5, 5.41) is 3.23. The van der Waals surface area contributed by atoms with E-state index in [0.29, 0.717) is 5.17 Å². The Morgan fingerprint density at radius 1 is 1.83 bits per heavy atom. The Morgan fingerprint density at radius 3 is 2.33 bits per heavy atom. The van der Waals surface area contributed by atoms with Crippen molar-refractivity contribution in [2.45, 2.75) is 0 Å². The van der Waals surface area contributed by atoms with Gasteiger partial charge in [-0.05, 0) is 12.6 Å². The number of nitrogens with one attached hydrogen (secondary N) is 1. The molecule has 0 spiro atoms. The van der Waals surface area contributed by atoms with E-state index in [9.17, 15) is 0 Å². The Labute approximate surface area is 43.1 Å². The Morgan fingerprint density at radius 2 is 2.33 bits per heavy atom. The molecule has 6 heavy (non-hydrogen) atoms. The van der Waals surface area contributed by atoms with Gasteiger partial charge in [0.25, 0.3) is 0 Å². The first-order valence-electron chi connectivity index (χ1n) is 1.62. The Hall–Kier alpha value is -0.310. The van der Waals surface area contributed by atoms with Crippen LogP contribution in [0.15, 0.2) is 4.99 Å². The molecule has 1 radical (unpaired) electrons. The quantitative estimate of drug-likeness (QED) is 0.348. The van der Waals surface area contributed by atoms with Gasteiger partial charge in [-0.25, -0.2) is 0 Å². The van der Waals surface area contributed by atoms with E-state index in [1.54, 1.807) is 14.1 Å². The maximum absolute atomic E-state index is 4.58. The fourth-order valence-electron chi connectivity index (χ4n) is 0.112. The Kier molecular flexibility index (Phi) is 2.75. The van der Waals surface area contributed by atoms with Crippen LogP contribution in [-0.4, -0.2) is 19.3 Å². The van der Waals surface area contributed by atoms with Crippen LogP contribution in [0.5, 0.6) is 0 Å². The maximum Gasteiger partial charge on any atom is 0.187 e. The van der Waals surface area contributed by atoms with E-state index in [0.717, 1.165) is 0 Å². The summed E-state index contributed by atoms with van der Waals surface area (Å²) in [5.41, 5.74) is 0. The number of rotatable bonds is 0. The summed E-state index contributed by atoms with van der Waals surface area (Å²) in [4.78, 5) is 3.63. The summed E-state index contributed by atoms with van der Waals surface area (Å²) in [6.45, 7) is 0. The highest BCUT2D eigenvalue weighted by atomic mass is 32.1. The third-order valence-electron chi connectivity index (χ3n) is 0.417. The third-order valence-corrected chi connectivity index (χ3v) is 0.804. The van der Waals surface area contributed by atoms with E-state index in [2.05, 4.69) is 22.9 Å². The molecule has 35 valence electrons. The Bertz CT molecular complexity index is 59.8. The summed E-state index contributed by atoms with van der Waals surface area (Å²) in [7, 11) is 3.40. The van der Waals surface area contributed by atoms with E-state index >= 15 is 0 Å². The van der Waals surface area contributed by atoms with Gasteiger partial charge in [-0.3, -0.25) is 4.99 Å². The molecule has 3 heteroatoms. The molecule has 0 saturated carbocycles. The minimum Gasteiger partial charge on any atom is -0.364 e. The van der Waals surface area contributed by atoms with Crippen LogP contribution in [-0.2, 0) is 0 Å². The van der Waals surface area contributed by atoms with Crippen LogP contribution in [0.4, 0.5) is 0 Å². The number of nitrogens with zero attached hydrogens (tertiary/aromatic N) is 1. The first-order chi connectivity index (χ1) is 2.81. The van der Waals surface area contributed by atoms with Gasteiger partial charge in [-0.15, -0.1) is 0 Å². The summed E-state index contributed by atoms with van der Waals surface area (Å²) >= 11 is 4.58. The van der Waals surface area contributed by atoms with E-state index in [4.69, 9.17) is 0 Å². The van der Waals surface area contributed by atoms with Gasteiger partial charge < -0.3 is 5.32 Å². The SMILES string of the molecule is C/N=C(/[S])NC. The predicted molar refractivity (Wildman–Crippen MR) is 30.0 cm³/mol. The number of hydrogen-bond donors (Lipinski definition) is 1. The molecule has 0 bridgehead atoms. The van der Waals surface area contributed by atoms with E-state index in [1.807, 2.05) is 0 Å². The zero-order valence-corrected chi connectivity index (χ0v) is 4.67. The lowest BCUT2D eigenvalue weighted by Gasteiger charge is -1.86. The molecule has 0 fully saturated rings. The molecule has 0 rings (SSSR count). The zero-order chi connectivity index (χ0) is 4.99. The van der Waals surface area contributed by atoms with Crippen molar-refractivity contribution in [3.05, 3.63) is 0 Å². The van der Waals surface area contributed by atoms with Crippen molar-refractivity contribution in [1.82, 2.24) is 5.32 Å². The summed E-state index contributed by atoms with van der Waals surface area (Å²) in [6.07, 6.45) is 0.